The fraction of sp³-hybridized carbons (Fsp3) is 0.250. The number of aliphatic hydroxyl groups excluding tert-OH is 1. The van der Waals surface area contributed by atoms with E-state index in [1.54, 1.807) is 50.2 Å². The van der Waals surface area contributed by atoms with Crippen molar-refractivity contribution in [1.29, 1.82) is 0 Å². The summed E-state index contributed by atoms with van der Waals surface area (Å²) < 4.78 is 16.0. The number of hydrogen-bond acceptors (Lipinski definition) is 9. The van der Waals surface area contributed by atoms with E-state index < -0.39 is 23.7 Å². The average Bonchev–Trinajstić information content (AvgIpc) is 3.49. The Hall–Kier alpha value is -3.92. The van der Waals surface area contributed by atoms with E-state index >= 15 is 0 Å². The quantitative estimate of drug-likeness (QED) is 0.241. The monoisotopic (exact) mass is 482 g/mol. The minimum absolute atomic E-state index is 0.112. The Morgan fingerprint density at radius 1 is 1.24 bits per heavy atom. The van der Waals surface area contributed by atoms with Crippen LogP contribution < -0.4 is 9.64 Å². The molecule has 1 saturated heterocycles. The highest BCUT2D eigenvalue weighted by Gasteiger charge is 2.50. The summed E-state index contributed by atoms with van der Waals surface area (Å²) >= 11 is 0.920. The standard InChI is InChI=1S/C24H22N2O7S/c1-5-32-15-8-6-7-14(11-15)19(27)17-18(16-10-9-12(2)33-16)26(22(29)20(17)28)24-25-13(3)21(34-24)23(30)31-4/h6-11,18,27H,5H2,1-4H3. The minimum Gasteiger partial charge on any atom is -0.507 e. The third-order valence-corrected chi connectivity index (χ3v) is 6.39. The number of rotatable bonds is 6. The van der Waals surface area contributed by atoms with Crippen LogP contribution in [-0.2, 0) is 14.3 Å². The number of hydrogen-bond donors (Lipinski definition) is 1. The van der Waals surface area contributed by atoms with Gasteiger partial charge in [0, 0.05) is 5.56 Å². The van der Waals surface area contributed by atoms with Gasteiger partial charge in [0.05, 0.1) is 25.0 Å². The minimum atomic E-state index is -1.08. The lowest BCUT2D eigenvalue weighted by atomic mass is 9.99. The molecular weight excluding hydrogens is 460 g/mol. The number of benzene rings is 1. The van der Waals surface area contributed by atoms with Gasteiger partial charge in [0.1, 0.15) is 33.9 Å². The van der Waals surface area contributed by atoms with Gasteiger partial charge in [0.2, 0.25) is 0 Å². The molecule has 1 atom stereocenters. The van der Waals surface area contributed by atoms with Crippen molar-refractivity contribution >= 4 is 39.9 Å². The van der Waals surface area contributed by atoms with Crippen LogP contribution in [0, 0.1) is 13.8 Å². The van der Waals surface area contributed by atoms with Crippen molar-refractivity contribution in [2.24, 2.45) is 0 Å². The fourth-order valence-corrected chi connectivity index (χ4v) is 4.73. The number of carbonyl (C=O) groups excluding carboxylic acids is 3. The molecule has 4 rings (SSSR count). The number of ketones is 1. The molecule has 1 aliphatic rings. The number of esters is 1. The van der Waals surface area contributed by atoms with E-state index in [2.05, 4.69) is 4.98 Å². The number of aliphatic hydroxyl groups is 1. The number of thiazole rings is 1. The van der Waals surface area contributed by atoms with Crippen LogP contribution in [0.4, 0.5) is 5.13 Å². The van der Waals surface area contributed by atoms with Gasteiger partial charge in [0.15, 0.2) is 5.13 Å². The Morgan fingerprint density at radius 3 is 2.65 bits per heavy atom. The molecule has 1 aliphatic heterocycles. The van der Waals surface area contributed by atoms with Gasteiger partial charge >= 0.3 is 11.9 Å². The molecule has 0 bridgehead atoms. The first-order valence-corrected chi connectivity index (χ1v) is 11.2. The van der Waals surface area contributed by atoms with Crippen molar-refractivity contribution in [2.75, 3.05) is 18.6 Å². The molecule has 1 N–H and O–H groups in total. The summed E-state index contributed by atoms with van der Waals surface area (Å²) in [7, 11) is 1.25. The molecule has 3 heterocycles. The number of carbonyl (C=O) groups is 3. The van der Waals surface area contributed by atoms with Crippen LogP contribution in [0.2, 0.25) is 0 Å². The molecular formula is C24H22N2O7S. The molecule has 2 aromatic heterocycles. The summed E-state index contributed by atoms with van der Waals surface area (Å²) in [6, 6.07) is 8.83. The van der Waals surface area contributed by atoms with Crippen LogP contribution in [0.5, 0.6) is 5.75 Å². The maximum atomic E-state index is 13.2. The van der Waals surface area contributed by atoms with Gasteiger partial charge in [0.25, 0.3) is 5.78 Å². The largest absolute Gasteiger partial charge is 0.507 e. The van der Waals surface area contributed by atoms with E-state index in [1.165, 1.54) is 7.11 Å². The second kappa shape index (κ2) is 9.14. The molecule has 0 radical (unpaired) electrons. The molecule has 0 saturated carbocycles. The highest BCUT2D eigenvalue weighted by Crippen LogP contribution is 2.44. The highest BCUT2D eigenvalue weighted by molar-refractivity contribution is 7.17. The summed E-state index contributed by atoms with van der Waals surface area (Å²) in [4.78, 5) is 44.2. The zero-order valence-electron chi connectivity index (χ0n) is 18.9. The lowest BCUT2D eigenvalue weighted by Crippen LogP contribution is -2.29. The molecule has 1 aromatic carbocycles. The smallest absolute Gasteiger partial charge is 0.350 e. The predicted molar refractivity (Wildman–Crippen MR) is 124 cm³/mol. The third-order valence-electron chi connectivity index (χ3n) is 5.26. The molecule has 176 valence electrons. The number of amides is 1. The van der Waals surface area contributed by atoms with Gasteiger partial charge in [-0.05, 0) is 45.0 Å². The molecule has 0 spiro atoms. The molecule has 9 nitrogen and oxygen atoms in total. The van der Waals surface area contributed by atoms with Crippen LogP contribution in [0.25, 0.3) is 5.76 Å². The van der Waals surface area contributed by atoms with E-state index in [1.807, 2.05) is 6.92 Å². The Morgan fingerprint density at radius 2 is 2.00 bits per heavy atom. The Bertz CT molecular complexity index is 1320. The van der Waals surface area contributed by atoms with E-state index in [9.17, 15) is 19.5 Å². The number of anilines is 1. The maximum absolute atomic E-state index is 13.2. The van der Waals surface area contributed by atoms with Crippen molar-refractivity contribution in [1.82, 2.24) is 4.98 Å². The molecule has 3 aromatic rings. The average molecular weight is 483 g/mol. The molecule has 1 unspecified atom stereocenters. The zero-order chi connectivity index (χ0) is 24.6. The first-order valence-electron chi connectivity index (χ1n) is 10.4. The number of aromatic nitrogens is 1. The van der Waals surface area contributed by atoms with Crippen molar-refractivity contribution in [3.63, 3.8) is 0 Å². The lowest BCUT2D eigenvalue weighted by molar-refractivity contribution is -0.132. The van der Waals surface area contributed by atoms with Gasteiger partial charge in [-0.3, -0.25) is 14.5 Å². The van der Waals surface area contributed by atoms with Gasteiger partial charge < -0.3 is 19.0 Å². The second-order valence-corrected chi connectivity index (χ2v) is 8.46. The van der Waals surface area contributed by atoms with Gasteiger partial charge in [-0.15, -0.1) is 0 Å². The SMILES string of the molecule is CCOc1cccc(C(O)=C2C(=O)C(=O)N(c3nc(C)c(C(=O)OC)s3)C2c2ccc(C)o2)c1. The number of furan rings is 1. The number of methoxy groups -OCH3 is 1. The van der Waals surface area contributed by atoms with Crippen LogP contribution in [-0.4, -0.2) is 41.5 Å². The highest BCUT2D eigenvalue weighted by atomic mass is 32.1. The summed E-state index contributed by atoms with van der Waals surface area (Å²) in [6.45, 7) is 5.58. The lowest BCUT2D eigenvalue weighted by Gasteiger charge is -2.20. The van der Waals surface area contributed by atoms with Crippen LogP contribution in [0.1, 0.15) is 45.4 Å². The topological polar surface area (TPSA) is 119 Å². The van der Waals surface area contributed by atoms with Crippen molar-refractivity contribution in [3.05, 3.63) is 69.6 Å². The van der Waals surface area contributed by atoms with Crippen molar-refractivity contribution < 1.29 is 33.4 Å². The van der Waals surface area contributed by atoms with Gasteiger partial charge in [-0.25, -0.2) is 9.78 Å². The van der Waals surface area contributed by atoms with E-state index in [4.69, 9.17) is 13.9 Å². The predicted octanol–water partition coefficient (Wildman–Crippen LogP) is 4.16. The number of aryl methyl sites for hydroxylation is 2. The number of ether oxygens (including phenoxy) is 2. The summed E-state index contributed by atoms with van der Waals surface area (Å²) in [5, 5.41) is 11.3. The van der Waals surface area contributed by atoms with Crippen LogP contribution in [0.15, 0.2) is 46.4 Å². The summed E-state index contributed by atoms with van der Waals surface area (Å²) in [6.07, 6.45) is 0. The molecule has 1 amide bonds. The third kappa shape index (κ3) is 3.96. The van der Waals surface area contributed by atoms with E-state index in [-0.39, 0.29) is 27.1 Å². The first kappa shape index (κ1) is 23.2. The first-order chi connectivity index (χ1) is 16.3. The Kier molecular flexibility index (Phi) is 6.25. The maximum Gasteiger partial charge on any atom is 0.350 e. The van der Waals surface area contributed by atoms with Gasteiger partial charge in [-0.1, -0.05) is 23.5 Å². The molecule has 0 aliphatic carbocycles. The number of Topliss-reactive ketones (excluding diaryl/α,β-unsaturated/α-hetero) is 1. The fourth-order valence-electron chi connectivity index (χ4n) is 3.72. The van der Waals surface area contributed by atoms with Crippen LogP contribution in [0.3, 0.4) is 0 Å². The van der Waals surface area contributed by atoms with E-state index in [0.717, 1.165) is 16.2 Å². The van der Waals surface area contributed by atoms with E-state index in [0.29, 0.717) is 29.4 Å². The summed E-state index contributed by atoms with van der Waals surface area (Å²) in [5.41, 5.74) is 0.510. The zero-order valence-corrected chi connectivity index (χ0v) is 19.8. The normalized spacial score (nSPS) is 17.3. The second-order valence-electron chi connectivity index (χ2n) is 7.48. The molecule has 10 heteroatoms. The van der Waals surface area contributed by atoms with Crippen molar-refractivity contribution in [3.8, 4) is 5.75 Å². The van der Waals surface area contributed by atoms with Crippen molar-refractivity contribution in [2.45, 2.75) is 26.8 Å². The van der Waals surface area contributed by atoms with Gasteiger partial charge in [-0.2, -0.15) is 0 Å². The molecule has 1 fully saturated rings. The number of nitrogens with zero attached hydrogens (tertiary/aromatic N) is 2. The Balaban J connectivity index is 1.90. The summed E-state index contributed by atoms with van der Waals surface area (Å²) in [5.74, 6) is -1.43. The Labute approximate surface area is 199 Å². The van der Waals surface area contributed by atoms with Crippen LogP contribution >= 0.6 is 11.3 Å². The molecule has 34 heavy (non-hydrogen) atoms.